The predicted molar refractivity (Wildman–Crippen MR) is 120 cm³/mol. The molecule has 33 heavy (non-hydrogen) atoms. The molecule has 0 fully saturated rings. The number of fused-ring (bicyclic) bond motifs is 1. The Morgan fingerprint density at radius 3 is 2.45 bits per heavy atom. The Kier molecular flexibility index (Phi) is 6.89. The SMILES string of the molecule is CCCn1c(=O)[nH]c(=O)c2c(C(=O)Nc3ccccc3NCC(F)(F)F)cc(C(C)C)nc21. The predicted octanol–water partition coefficient (Wildman–Crippen LogP) is 3.84. The van der Waals surface area contributed by atoms with Crippen molar-refractivity contribution in [3.8, 4) is 0 Å². The number of pyridine rings is 1. The van der Waals surface area contributed by atoms with Gasteiger partial charge in [0, 0.05) is 12.2 Å². The molecule has 0 saturated heterocycles. The lowest BCUT2D eigenvalue weighted by Gasteiger charge is -2.16. The number of rotatable bonds is 7. The molecule has 176 valence electrons. The highest BCUT2D eigenvalue weighted by Crippen LogP contribution is 2.26. The number of carbonyl (C=O) groups is 1. The Morgan fingerprint density at radius 1 is 1.18 bits per heavy atom. The number of nitrogens with one attached hydrogen (secondary N) is 3. The number of carbonyl (C=O) groups excluding carboxylic acids is 1. The van der Waals surface area contributed by atoms with Crippen LogP contribution in [0.3, 0.4) is 0 Å². The summed E-state index contributed by atoms with van der Waals surface area (Å²) in [5, 5.41) is 4.77. The molecule has 8 nitrogen and oxygen atoms in total. The fourth-order valence-electron chi connectivity index (χ4n) is 3.33. The maximum Gasteiger partial charge on any atom is 0.405 e. The largest absolute Gasteiger partial charge is 0.405 e. The van der Waals surface area contributed by atoms with Crippen molar-refractivity contribution >= 4 is 28.3 Å². The van der Waals surface area contributed by atoms with E-state index in [-0.39, 0.29) is 40.4 Å². The third kappa shape index (κ3) is 5.41. The summed E-state index contributed by atoms with van der Waals surface area (Å²) in [5.74, 6) is -0.830. The summed E-state index contributed by atoms with van der Waals surface area (Å²) < 4.78 is 39.3. The Bertz CT molecular complexity index is 1300. The number of amides is 1. The van der Waals surface area contributed by atoms with E-state index >= 15 is 0 Å². The summed E-state index contributed by atoms with van der Waals surface area (Å²) in [6.45, 7) is 4.56. The summed E-state index contributed by atoms with van der Waals surface area (Å²) >= 11 is 0. The molecule has 11 heteroatoms. The average Bonchev–Trinajstić information content (AvgIpc) is 2.74. The van der Waals surface area contributed by atoms with Crippen molar-refractivity contribution in [1.29, 1.82) is 0 Å². The van der Waals surface area contributed by atoms with Gasteiger partial charge in [-0.3, -0.25) is 19.1 Å². The Hall–Kier alpha value is -3.63. The van der Waals surface area contributed by atoms with Gasteiger partial charge in [0.25, 0.3) is 11.5 Å². The van der Waals surface area contributed by atoms with E-state index < -0.39 is 29.9 Å². The molecule has 3 aromatic rings. The minimum atomic E-state index is -4.44. The highest BCUT2D eigenvalue weighted by molar-refractivity contribution is 6.12. The van der Waals surface area contributed by atoms with Gasteiger partial charge in [0.05, 0.1) is 22.3 Å². The standard InChI is InChI=1S/C22H24F3N5O3/c1-4-9-30-18-17(20(32)29-21(30)33)13(10-16(27-18)12(2)3)19(31)28-15-8-6-5-7-14(15)26-11-22(23,24)25/h5-8,10,12,26H,4,9,11H2,1-3H3,(H,28,31)(H,29,32,33). The number of halogens is 3. The summed E-state index contributed by atoms with van der Waals surface area (Å²) in [6.07, 6.45) is -3.85. The van der Waals surface area contributed by atoms with E-state index in [9.17, 15) is 27.6 Å². The van der Waals surface area contributed by atoms with Gasteiger partial charge in [0.2, 0.25) is 0 Å². The zero-order chi connectivity index (χ0) is 24.3. The van der Waals surface area contributed by atoms with E-state index in [1.807, 2.05) is 20.8 Å². The van der Waals surface area contributed by atoms with Gasteiger partial charge in [-0.2, -0.15) is 13.2 Å². The van der Waals surface area contributed by atoms with Crippen LogP contribution in [-0.2, 0) is 6.54 Å². The molecule has 2 aromatic heterocycles. The number of nitrogens with zero attached hydrogens (tertiary/aromatic N) is 2. The van der Waals surface area contributed by atoms with E-state index in [0.29, 0.717) is 12.1 Å². The first-order valence-electron chi connectivity index (χ1n) is 10.4. The van der Waals surface area contributed by atoms with E-state index in [4.69, 9.17) is 0 Å². The number of alkyl halides is 3. The van der Waals surface area contributed by atoms with Gasteiger partial charge < -0.3 is 10.6 Å². The first kappa shape index (κ1) is 24.0. The van der Waals surface area contributed by atoms with Gasteiger partial charge in [-0.05, 0) is 30.5 Å². The van der Waals surface area contributed by atoms with Crippen LogP contribution in [0, 0.1) is 0 Å². The smallest absolute Gasteiger partial charge is 0.375 e. The number of benzene rings is 1. The van der Waals surface area contributed by atoms with Gasteiger partial charge in [0.15, 0.2) is 5.65 Å². The van der Waals surface area contributed by atoms with Crippen LogP contribution in [0.2, 0.25) is 0 Å². The molecule has 2 heterocycles. The van der Waals surface area contributed by atoms with E-state index in [0.717, 1.165) is 0 Å². The average molecular weight is 463 g/mol. The number of aryl methyl sites for hydroxylation is 1. The number of hydrogen-bond donors (Lipinski definition) is 3. The Morgan fingerprint density at radius 2 is 1.85 bits per heavy atom. The fraction of sp³-hybridized carbons (Fsp3) is 0.364. The number of aromatic amines is 1. The van der Waals surface area contributed by atoms with Gasteiger partial charge in [0.1, 0.15) is 6.54 Å². The normalized spacial score (nSPS) is 11.7. The molecule has 0 saturated carbocycles. The Labute approximate surface area is 186 Å². The van der Waals surface area contributed by atoms with E-state index in [1.165, 1.54) is 28.8 Å². The lowest BCUT2D eigenvalue weighted by Crippen LogP contribution is -2.32. The minimum Gasteiger partial charge on any atom is -0.375 e. The quantitative estimate of drug-likeness (QED) is 0.493. The number of hydrogen-bond acceptors (Lipinski definition) is 5. The van der Waals surface area contributed by atoms with E-state index in [1.54, 1.807) is 6.07 Å². The van der Waals surface area contributed by atoms with Crippen LogP contribution in [0.25, 0.3) is 11.0 Å². The molecule has 0 aliphatic heterocycles. The molecule has 0 atom stereocenters. The second kappa shape index (κ2) is 9.47. The van der Waals surface area contributed by atoms with Gasteiger partial charge in [-0.25, -0.2) is 9.78 Å². The monoisotopic (exact) mass is 463 g/mol. The molecular formula is C22H24F3N5O3. The molecule has 0 unspecified atom stereocenters. The highest BCUT2D eigenvalue weighted by atomic mass is 19.4. The number of aromatic nitrogens is 3. The van der Waals surface area contributed by atoms with Gasteiger partial charge in [-0.15, -0.1) is 0 Å². The van der Waals surface area contributed by atoms with Crippen molar-refractivity contribution < 1.29 is 18.0 Å². The van der Waals surface area contributed by atoms with Gasteiger partial charge in [-0.1, -0.05) is 32.9 Å². The molecule has 0 radical (unpaired) electrons. The van der Waals surface area contributed by atoms with Gasteiger partial charge >= 0.3 is 11.9 Å². The van der Waals surface area contributed by atoms with Crippen LogP contribution in [-0.4, -0.2) is 33.2 Å². The fourth-order valence-corrected chi connectivity index (χ4v) is 3.33. The molecule has 3 rings (SSSR count). The third-order valence-electron chi connectivity index (χ3n) is 4.91. The van der Waals surface area contributed by atoms with Crippen LogP contribution in [0.1, 0.15) is 49.2 Å². The molecule has 1 amide bonds. The van der Waals surface area contributed by atoms with Crippen molar-refractivity contribution in [2.45, 2.75) is 45.8 Å². The zero-order valence-electron chi connectivity index (χ0n) is 18.3. The molecule has 0 bridgehead atoms. The molecule has 0 aliphatic rings. The van der Waals surface area contributed by atoms with E-state index in [2.05, 4.69) is 20.6 Å². The maximum absolute atomic E-state index is 13.2. The molecule has 0 spiro atoms. The number of H-pyrrole nitrogens is 1. The molecule has 3 N–H and O–H groups in total. The van der Waals surface area contributed by atoms with Crippen LogP contribution in [0.15, 0.2) is 39.9 Å². The summed E-state index contributed by atoms with van der Waals surface area (Å²) in [4.78, 5) is 44.9. The van der Waals surface area contributed by atoms with Crippen molar-refractivity contribution in [1.82, 2.24) is 14.5 Å². The third-order valence-corrected chi connectivity index (χ3v) is 4.91. The van der Waals surface area contributed by atoms with Crippen LogP contribution >= 0.6 is 0 Å². The first-order valence-corrected chi connectivity index (χ1v) is 10.4. The molecular weight excluding hydrogens is 439 g/mol. The van der Waals surface area contributed by atoms with Crippen LogP contribution in [0.5, 0.6) is 0 Å². The van der Waals surface area contributed by atoms with Crippen molar-refractivity contribution in [2.75, 3.05) is 17.2 Å². The van der Waals surface area contributed by atoms with Crippen molar-refractivity contribution in [3.05, 3.63) is 62.4 Å². The second-order valence-corrected chi connectivity index (χ2v) is 7.83. The zero-order valence-corrected chi connectivity index (χ0v) is 18.3. The number of anilines is 2. The summed E-state index contributed by atoms with van der Waals surface area (Å²) in [6, 6.07) is 7.40. The Balaban J connectivity index is 2.13. The lowest BCUT2D eigenvalue weighted by molar-refractivity contribution is -0.115. The minimum absolute atomic E-state index is 0.0274. The van der Waals surface area contributed by atoms with Crippen molar-refractivity contribution in [3.63, 3.8) is 0 Å². The van der Waals surface area contributed by atoms with Crippen LogP contribution < -0.4 is 21.9 Å². The summed E-state index contributed by atoms with van der Waals surface area (Å²) in [7, 11) is 0. The van der Waals surface area contributed by atoms with Crippen LogP contribution in [0.4, 0.5) is 24.5 Å². The summed E-state index contributed by atoms with van der Waals surface area (Å²) in [5.41, 5.74) is -0.657. The van der Waals surface area contributed by atoms with Crippen molar-refractivity contribution in [2.24, 2.45) is 0 Å². The topological polar surface area (TPSA) is 109 Å². The maximum atomic E-state index is 13.2. The number of para-hydroxylation sites is 2. The lowest BCUT2D eigenvalue weighted by atomic mass is 10.0. The molecule has 0 aliphatic carbocycles. The first-order chi connectivity index (χ1) is 15.5. The highest BCUT2D eigenvalue weighted by Gasteiger charge is 2.27. The second-order valence-electron chi connectivity index (χ2n) is 7.83. The molecule has 1 aromatic carbocycles.